The molecule has 1 aromatic rings. The summed E-state index contributed by atoms with van der Waals surface area (Å²) >= 11 is 0. The number of likely N-dealkylation sites (tertiary alicyclic amines) is 1. The molecular weight excluding hydrogens is 272 g/mol. The molecule has 0 atom stereocenters. The van der Waals surface area contributed by atoms with Crippen molar-refractivity contribution in [3.8, 4) is 0 Å². The quantitative estimate of drug-likeness (QED) is 0.908. The Labute approximate surface area is 127 Å². The van der Waals surface area contributed by atoms with Crippen LogP contribution >= 0.6 is 12.4 Å². The van der Waals surface area contributed by atoms with Gasteiger partial charge in [0.25, 0.3) is 0 Å². The second kappa shape index (κ2) is 8.98. The zero-order chi connectivity index (χ0) is 13.5. The standard InChI is InChI=1S/C16H24N2O.ClH/c17-11-8-16(19)18-12-9-15(10-13-18)7-6-14-4-2-1-3-5-14;/h1-5,15H,6-13,17H2;1H. The molecule has 0 aliphatic carbocycles. The summed E-state index contributed by atoms with van der Waals surface area (Å²) in [5.74, 6) is 0.992. The maximum absolute atomic E-state index is 11.7. The zero-order valence-corrected chi connectivity index (χ0v) is 12.8. The van der Waals surface area contributed by atoms with Crippen LogP contribution in [0.2, 0.25) is 0 Å². The summed E-state index contributed by atoms with van der Waals surface area (Å²) in [5.41, 5.74) is 6.85. The van der Waals surface area contributed by atoms with Gasteiger partial charge in [0.05, 0.1) is 0 Å². The predicted molar refractivity (Wildman–Crippen MR) is 85.0 cm³/mol. The van der Waals surface area contributed by atoms with Crippen LogP contribution in [-0.2, 0) is 11.2 Å². The van der Waals surface area contributed by atoms with Gasteiger partial charge in [-0.1, -0.05) is 30.3 Å². The van der Waals surface area contributed by atoms with Gasteiger partial charge in [0.1, 0.15) is 0 Å². The van der Waals surface area contributed by atoms with Crippen molar-refractivity contribution >= 4 is 18.3 Å². The van der Waals surface area contributed by atoms with E-state index in [2.05, 4.69) is 30.3 Å². The first-order valence-corrected chi connectivity index (χ1v) is 7.31. The normalized spacial score (nSPS) is 15.8. The molecule has 112 valence electrons. The van der Waals surface area contributed by atoms with Crippen LogP contribution in [0.15, 0.2) is 30.3 Å². The molecule has 1 amide bonds. The average molecular weight is 297 g/mol. The number of piperidine rings is 1. The van der Waals surface area contributed by atoms with Crippen molar-refractivity contribution in [2.75, 3.05) is 19.6 Å². The molecule has 0 spiro atoms. The van der Waals surface area contributed by atoms with E-state index in [-0.39, 0.29) is 18.3 Å². The molecule has 1 heterocycles. The Morgan fingerprint density at radius 1 is 1.20 bits per heavy atom. The van der Waals surface area contributed by atoms with E-state index in [1.54, 1.807) is 0 Å². The van der Waals surface area contributed by atoms with Gasteiger partial charge >= 0.3 is 0 Å². The van der Waals surface area contributed by atoms with Crippen LogP contribution in [0.5, 0.6) is 0 Å². The van der Waals surface area contributed by atoms with Crippen LogP contribution < -0.4 is 5.73 Å². The Balaban J connectivity index is 0.00000200. The summed E-state index contributed by atoms with van der Waals surface area (Å²) in [4.78, 5) is 13.7. The molecule has 4 heteroatoms. The van der Waals surface area contributed by atoms with Crippen molar-refractivity contribution in [2.45, 2.75) is 32.1 Å². The third-order valence-electron chi connectivity index (χ3n) is 4.01. The summed E-state index contributed by atoms with van der Waals surface area (Å²) in [5, 5.41) is 0. The molecule has 2 N–H and O–H groups in total. The second-order valence-corrected chi connectivity index (χ2v) is 5.39. The van der Waals surface area contributed by atoms with E-state index in [9.17, 15) is 4.79 Å². The van der Waals surface area contributed by atoms with Gasteiger partial charge < -0.3 is 10.6 Å². The SMILES string of the molecule is Cl.NCCC(=O)N1CCC(CCc2ccccc2)CC1. The lowest BCUT2D eigenvalue weighted by molar-refractivity contribution is -0.132. The number of hydrogen-bond donors (Lipinski definition) is 1. The number of hydrogen-bond acceptors (Lipinski definition) is 2. The van der Waals surface area contributed by atoms with Gasteiger partial charge in [-0.05, 0) is 37.2 Å². The predicted octanol–water partition coefficient (Wildman–Crippen LogP) is 2.63. The molecular formula is C16H25ClN2O. The van der Waals surface area contributed by atoms with Crippen molar-refractivity contribution in [1.82, 2.24) is 4.90 Å². The highest BCUT2D eigenvalue weighted by atomic mass is 35.5. The molecule has 0 radical (unpaired) electrons. The molecule has 1 saturated heterocycles. The number of aryl methyl sites for hydroxylation is 1. The minimum Gasteiger partial charge on any atom is -0.343 e. The number of halogens is 1. The van der Waals surface area contributed by atoms with Crippen molar-refractivity contribution in [1.29, 1.82) is 0 Å². The number of carbonyl (C=O) groups excluding carboxylic acids is 1. The van der Waals surface area contributed by atoms with Crippen molar-refractivity contribution in [2.24, 2.45) is 11.7 Å². The van der Waals surface area contributed by atoms with Crippen molar-refractivity contribution in [3.63, 3.8) is 0 Å². The van der Waals surface area contributed by atoms with Gasteiger partial charge in [-0.3, -0.25) is 4.79 Å². The summed E-state index contributed by atoms with van der Waals surface area (Å²) < 4.78 is 0. The first kappa shape index (κ1) is 17.0. The molecule has 1 aromatic carbocycles. The fourth-order valence-electron chi connectivity index (χ4n) is 2.77. The van der Waals surface area contributed by atoms with Gasteiger partial charge in [-0.25, -0.2) is 0 Å². The molecule has 0 aromatic heterocycles. The number of rotatable bonds is 5. The maximum atomic E-state index is 11.7. The minimum atomic E-state index is 0. The maximum Gasteiger partial charge on any atom is 0.223 e. The third-order valence-corrected chi connectivity index (χ3v) is 4.01. The number of benzene rings is 1. The molecule has 1 fully saturated rings. The lowest BCUT2D eigenvalue weighted by Crippen LogP contribution is -2.39. The first-order valence-electron chi connectivity index (χ1n) is 7.31. The smallest absolute Gasteiger partial charge is 0.223 e. The van der Waals surface area contributed by atoms with E-state index in [1.165, 1.54) is 12.0 Å². The molecule has 0 bridgehead atoms. The van der Waals surface area contributed by atoms with Crippen LogP contribution in [0.4, 0.5) is 0 Å². The Kier molecular flexibility index (Phi) is 7.63. The molecule has 1 aliphatic heterocycles. The molecule has 2 rings (SSSR count). The number of carbonyl (C=O) groups is 1. The molecule has 3 nitrogen and oxygen atoms in total. The Morgan fingerprint density at radius 2 is 1.85 bits per heavy atom. The summed E-state index contributed by atoms with van der Waals surface area (Å²) in [7, 11) is 0. The summed E-state index contributed by atoms with van der Waals surface area (Å²) in [6.07, 6.45) is 5.17. The lowest BCUT2D eigenvalue weighted by atomic mass is 9.90. The topological polar surface area (TPSA) is 46.3 Å². The van der Waals surface area contributed by atoms with Crippen LogP contribution in [0.3, 0.4) is 0 Å². The van der Waals surface area contributed by atoms with Gasteiger partial charge in [0.15, 0.2) is 0 Å². The van der Waals surface area contributed by atoms with E-state index >= 15 is 0 Å². The summed E-state index contributed by atoms with van der Waals surface area (Å²) in [6, 6.07) is 10.7. The van der Waals surface area contributed by atoms with Gasteiger partial charge in [-0.15, -0.1) is 12.4 Å². The Morgan fingerprint density at radius 3 is 2.45 bits per heavy atom. The number of nitrogens with two attached hydrogens (primary N) is 1. The fraction of sp³-hybridized carbons (Fsp3) is 0.562. The van der Waals surface area contributed by atoms with Gasteiger partial charge in [0, 0.05) is 26.1 Å². The number of nitrogens with zero attached hydrogens (tertiary/aromatic N) is 1. The van der Waals surface area contributed by atoms with Crippen LogP contribution in [0, 0.1) is 5.92 Å². The average Bonchev–Trinajstić information content (AvgIpc) is 2.47. The molecule has 1 aliphatic rings. The highest BCUT2D eigenvalue weighted by Gasteiger charge is 2.21. The molecule has 0 saturated carbocycles. The second-order valence-electron chi connectivity index (χ2n) is 5.39. The minimum absolute atomic E-state index is 0. The molecule has 20 heavy (non-hydrogen) atoms. The number of amides is 1. The van der Waals surface area contributed by atoms with E-state index < -0.39 is 0 Å². The largest absolute Gasteiger partial charge is 0.343 e. The highest BCUT2D eigenvalue weighted by molar-refractivity contribution is 5.85. The first-order chi connectivity index (χ1) is 9.29. The van der Waals surface area contributed by atoms with E-state index in [1.807, 2.05) is 4.90 Å². The Hall–Kier alpha value is -1.06. The van der Waals surface area contributed by atoms with E-state index in [4.69, 9.17) is 5.73 Å². The zero-order valence-electron chi connectivity index (χ0n) is 12.0. The van der Waals surface area contributed by atoms with Gasteiger partial charge in [-0.2, -0.15) is 0 Å². The third kappa shape index (κ3) is 5.14. The Bertz CT molecular complexity index is 389. The van der Waals surface area contributed by atoms with E-state index in [0.717, 1.165) is 38.3 Å². The van der Waals surface area contributed by atoms with Crippen LogP contribution in [0.25, 0.3) is 0 Å². The monoisotopic (exact) mass is 296 g/mol. The highest BCUT2D eigenvalue weighted by Crippen LogP contribution is 2.22. The van der Waals surface area contributed by atoms with Gasteiger partial charge in [0.2, 0.25) is 5.91 Å². The van der Waals surface area contributed by atoms with Crippen LogP contribution in [0.1, 0.15) is 31.2 Å². The molecule has 0 unspecified atom stereocenters. The summed E-state index contributed by atoms with van der Waals surface area (Å²) in [6.45, 7) is 2.29. The van der Waals surface area contributed by atoms with Crippen molar-refractivity contribution in [3.05, 3.63) is 35.9 Å². The fourth-order valence-corrected chi connectivity index (χ4v) is 2.77. The van der Waals surface area contributed by atoms with E-state index in [0.29, 0.717) is 13.0 Å². The van der Waals surface area contributed by atoms with Crippen LogP contribution in [-0.4, -0.2) is 30.4 Å². The lowest BCUT2D eigenvalue weighted by Gasteiger charge is -2.32. The van der Waals surface area contributed by atoms with Crippen molar-refractivity contribution < 1.29 is 4.79 Å².